The van der Waals surface area contributed by atoms with Crippen LogP contribution in [0.1, 0.15) is 5.56 Å². The molecule has 0 atom stereocenters. The van der Waals surface area contributed by atoms with Gasteiger partial charge in [0.15, 0.2) is 5.56 Å². The average molecular weight is 292 g/mol. The standard InChI is InChI=1S/C17H13N3O2/c1-21-12-6-4-11(5-7-12)15-9-13(16-3-2-8-22-16)14(10-18)17(19)20-15/h2-9H,1H3,(H2,19,20)/p+1. The third-order valence-corrected chi connectivity index (χ3v) is 3.40. The number of furan rings is 1. The lowest BCUT2D eigenvalue weighted by molar-refractivity contribution is -0.346. The first kappa shape index (κ1) is 13.7. The van der Waals surface area contributed by atoms with Gasteiger partial charge in [-0.05, 0) is 42.5 Å². The maximum absolute atomic E-state index is 9.32. The highest BCUT2D eigenvalue weighted by atomic mass is 16.5. The molecule has 0 unspecified atom stereocenters. The molecule has 5 nitrogen and oxygen atoms in total. The number of nitrogens with two attached hydrogens (primary N) is 1. The monoisotopic (exact) mass is 292 g/mol. The predicted molar refractivity (Wildman–Crippen MR) is 81.8 cm³/mol. The number of aromatic nitrogens is 1. The van der Waals surface area contributed by atoms with Crippen molar-refractivity contribution in [2.75, 3.05) is 12.8 Å². The number of aromatic amines is 1. The molecule has 0 aliphatic rings. The first-order valence-corrected chi connectivity index (χ1v) is 6.67. The number of hydrogen-bond donors (Lipinski definition) is 1. The Balaban J connectivity index is 2.15. The minimum absolute atomic E-state index is 0.308. The Morgan fingerprint density at radius 2 is 2.00 bits per heavy atom. The van der Waals surface area contributed by atoms with Crippen LogP contribution in [0.2, 0.25) is 0 Å². The number of hydrogen-bond acceptors (Lipinski definition) is 4. The van der Waals surface area contributed by atoms with Gasteiger partial charge in [-0.2, -0.15) is 5.26 Å². The number of H-pyrrole nitrogens is 1. The van der Waals surface area contributed by atoms with Crippen molar-refractivity contribution < 1.29 is 14.1 Å². The van der Waals surface area contributed by atoms with Gasteiger partial charge in [0.25, 0.3) is 5.82 Å². The van der Waals surface area contributed by atoms with Crippen molar-refractivity contribution in [2.24, 2.45) is 0 Å². The molecule has 1 aromatic carbocycles. The number of anilines is 1. The van der Waals surface area contributed by atoms with Crippen molar-refractivity contribution in [3.8, 4) is 34.4 Å². The van der Waals surface area contributed by atoms with Crippen LogP contribution in [0.25, 0.3) is 22.6 Å². The molecule has 0 spiro atoms. The molecule has 0 saturated carbocycles. The van der Waals surface area contributed by atoms with E-state index in [9.17, 15) is 5.26 Å². The van der Waals surface area contributed by atoms with Gasteiger partial charge in [0.2, 0.25) is 0 Å². The van der Waals surface area contributed by atoms with Crippen molar-refractivity contribution in [1.29, 1.82) is 5.26 Å². The van der Waals surface area contributed by atoms with Gasteiger partial charge in [0, 0.05) is 11.1 Å². The lowest BCUT2D eigenvalue weighted by Gasteiger charge is -2.06. The maximum Gasteiger partial charge on any atom is 0.289 e. The summed E-state index contributed by atoms with van der Waals surface area (Å²) in [5, 5.41) is 9.32. The van der Waals surface area contributed by atoms with Gasteiger partial charge in [0.05, 0.1) is 13.4 Å². The molecule has 0 bridgehead atoms. The highest BCUT2D eigenvalue weighted by Gasteiger charge is 2.18. The molecule has 22 heavy (non-hydrogen) atoms. The second kappa shape index (κ2) is 5.62. The zero-order chi connectivity index (χ0) is 15.5. The molecule has 0 saturated heterocycles. The summed E-state index contributed by atoms with van der Waals surface area (Å²) in [5.74, 6) is 1.69. The summed E-state index contributed by atoms with van der Waals surface area (Å²) in [7, 11) is 1.62. The molecule has 108 valence electrons. The van der Waals surface area contributed by atoms with Crippen molar-refractivity contribution in [3.63, 3.8) is 0 Å². The molecule has 2 heterocycles. The zero-order valence-corrected chi connectivity index (χ0v) is 12.0. The van der Waals surface area contributed by atoms with E-state index >= 15 is 0 Å². The lowest BCUT2D eigenvalue weighted by atomic mass is 10.0. The molecule has 0 radical (unpaired) electrons. The van der Waals surface area contributed by atoms with E-state index in [2.05, 4.69) is 11.1 Å². The van der Waals surface area contributed by atoms with Gasteiger partial charge in [-0.15, -0.1) is 0 Å². The summed E-state index contributed by atoms with van der Waals surface area (Å²) < 4.78 is 10.6. The van der Waals surface area contributed by atoms with Crippen LogP contribution in [0.4, 0.5) is 5.82 Å². The zero-order valence-electron chi connectivity index (χ0n) is 12.0. The van der Waals surface area contributed by atoms with E-state index < -0.39 is 0 Å². The van der Waals surface area contributed by atoms with E-state index in [0.29, 0.717) is 22.7 Å². The Kier molecular flexibility index (Phi) is 3.50. The van der Waals surface area contributed by atoms with Crippen LogP contribution < -0.4 is 15.5 Å². The first-order valence-electron chi connectivity index (χ1n) is 6.67. The molecule has 3 rings (SSSR count). The number of benzene rings is 1. The van der Waals surface area contributed by atoms with Gasteiger partial charge in [-0.3, -0.25) is 5.73 Å². The normalized spacial score (nSPS) is 10.2. The summed E-state index contributed by atoms with van der Waals surface area (Å²) in [5.41, 5.74) is 8.75. The van der Waals surface area contributed by atoms with E-state index in [-0.39, 0.29) is 0 Å². The molecular weight excluding hydrogens is 278 g/mol. The quantitative estimate of drug-likeness (QED) is 0.804. The molecule has 0 fully saturated rings. The van der Waals surface area contributed by atoms with Crippen LogP contribution in [0.5, 0.6) is 5.75 Å². The van der Waals surface area contributed by atoms with E-state index in [1.54, 1.807) is 25.5 Å². The van der Waals surface area contributed by atoms with Crippen LogP contribution in [0, 0.1) is 11.3 Å². The minimum atomic E-state index is 0.308. The smallest absolute Gasteiger partial charge is 0.289 e. The Labute approximate surface area is 127 Å². The highest BCUT2D eigenvalue weighted by Crippen LogP contribution is 2.29. The van der Waals surface area contributed by atoms with Gasteiger partial charge in [0.1, 0.15) is 23.3 Å². The fraction of sp³-hybridized carbons (Fsp3) is 0.0588. The molecule has 0 aliphatic carbocycles. The number of rotatable bonds is 3. The lowest BCUT2D eigenvalue weighted by Crippen LogP contribution is -2.16. The second-order valence-electron chi connectivity index (χ2n) is 4.70. The van der Waals surface area contributed by atoms with Gasteiger partial charge >= 0.3 is 0 Å². The SMILES string of the molecule is COc1ccc(-c2cc(-c3ccco3)c(C#N)c(N)[nH+]2)cc1. The number of ether oxygens (including phenoxy) is 1. The molecule has 0 aliphatic heterocycles. The number of nitrogen functional groups attached to an aromatic ring is 1. The third-order valence-electron chi connectivity index (χ3n) is 3.40. The van der Waals surface area contributed by atoms with Crippen molar-refractivity contribution in [1.82, 2.24) is 0 Å². The van der Waals surface area contributed by atoms with E-state index in [1.165, 1.54) is 0 Å². The summed E-state index contributed by atoms with van der Waals surface area (Å²) in [4.78, 5) is 3.06. The summed E-state index contributed by atoms with van der Waals surface area (Å²) in [6.45, 7) is 0. The topological polar surface area (TPSA) is 86.3 Å². The third kappa shape index (κ3) is 2.38. The van der Waals surface area contributed by atoms with Crippen LogP contribution in [-0.2, 0) is 0 Å². The van der Waals surface area contributed by atoms with Crippen molar-refractivity contribution in [2.45, 2.75) is 0 Å². The van der Waals surface area contributed by atoms with E-state index in [4.69, 9.17) is 14.9 Å². The fourth-order valence-corrected chi connectivity index (χ4v) is 2.28. The van der Waals surface area contributed by atoms with E-state index in [0.717, 1.165) is 17.0 Å². The number of nitrogens with one attached hydrogen (secondary N) is 1. The summed E-state index contributed by atoms with van der Waals surface area (Å²) in [6.07, 6.45) is 1.57. The van der Waals surface area contributed by atoms with Gasteiger partial charge < -0.3 is 9.15 Å². The largest absolute Gasteiger partial charge is 0.497 e. The number of nitrogens with zero attached hydrogens (tertiary/aromatic N) is 1. The Morgan fingerprint density at radius 3 is 2.59 bits per heavy atom. The highest BCUT2D eigenvalue weighted by molar-refractivity contribution is 5.75. The predicted octanol–water partition coefficient (Wildman–Crippen LogP) is 2.89. The average Bonchev–Trinajstić information content (AvgIpc) is 3.08. The Bertz CT molecular complexity index is 832. The Hall–Kier alpha value is -3.26. The second-order valence-corrected chi connectivity index (χ2v) is 4.70. The molecule has 3 aromatic rings. The molecule has 3 N–H and O–H groups in total. The molecule has 5 heteroatoms. The van der Waals surface area contributed by atoms with Crippen molar-refractivity contribution in [3.05, 3.63) is 54.3 Å². The fourth-order valence-electron chi connectivity index (χ4n) is 2.28. The molecule has 0 amide bonds. The van der Waals surface area contributed by atoms with Crippen LogP contribution >= 0.6 is 0 Å². The summed E-state index contributed by atoms with van der Waals surface area (Å²) >= 11 is 0. The maximum atomic E-state index is 9.32. The number of methoxy groups -OCH3 is 1. The number of nitriles is 1. The van der Waals surface area contributed by atoms with Crippen LogP contribution in [0.3, 0.4) is 0 Å². The first-order chi connectivity index (χ1) is 10.7. The Morgan fingerprint density at radius 1 is 1.23 bits per heavy atom. The van der Waals surface area contributed by atoms with Crippen molar-refractivity contribution >= 4 is 5.82 Å². The summed E-state index contributed by atoms with van der Waals surface area (Å²) in [6, 6.07) is 15.1. The van der Waals surface area contributed by atoms with Crippen LogP contribution in [-0.4, -0.2) is 7.11 Å². The molecule has 2 aromatic heterocycles. The minimum Gasteiger partial charge on any atom is -0.497 e. The number of pyridine rings is 1. The van der Waals surface area contributed by atoms with Gasteiger partial charge in [-0.25, -0.2) is 4.98 Å². The molecular formula is C17H14N3O2+. The van der Waals surface area contributed by atoms with E-state index in [1.807, 2.05) is 30.3 Å². The van der Waals surface area contributed by atoms with Gasteiger partial charge in [-0.1, -0.05) is 0 Å². The van der Waals surface area contributed by atoms with Crippen LogP contribution in [0.15, 0.2) is 53.1 Å².